The molecule has 0 amide bonds. The minimum absolute atomic E-state index is 0.205. The van der Waals surface area contributed by atoms with E-state index in [1.807, 2.05) is 6.07 Å². The Labute approximate surface area is 127 Å². The van der Waals surface area contributed by atoms with Crippen LogP contribution in [0.25, 0.3) is 0 Å². The maximum absolute atomic E-state index is 13.8. The second-order valence-corrected chi connectivity index (χ2v) is 6.02. The van der Waals surface area contributed by atoms with Gasteiger partial charge in [-0.25, -0.2) is 4.39 Å². The molecule has 0 radical (unpaired) electrons. The van der Waals surface area contributed by atoms with Gasteiger partial charge >= 0.3 is 0 Å². The zero-order valence-electron chi connectivity index (χ0n) is 13.1. The van der Waals surface area contributed by atoms with E-state index in [4.69, 9.17) is 10.5 Å². The number of benzene rings is 1. The van der Waals surface area contributed by atoms with Crippen LogP contribution in [-0.2, 0) is 4.74 Å². The number of nitrogens with two attached hydrogens (primary N) is 1. The van der Waals surface area contributed by atoms with E-state index >= 15 is 0 Å². The van der Waals surface area contributed by atoms with Crippen LogP contribution in [-0.4, -0.2) is 37.7 Å². The molecule has 2 atom stereocenters. The molecule has 1 saturated carbocycles. The van der Waals surface area contributed by atoms with Crippen LogP contribution in [0.15, 0.2) is 24.3 Å². The lowest BCUT2D eigenvalue weighted by Crippen LogP contribution is -2.39. The van der Waals surface area contributed by atoms with Crippen LogP contribution < -0.4 is 5.73 Å². The van der Waals surface area contributed by atoms with Gasteiger partial charge in [0.05, 0.1) is 6.61 Å². The van der Waals surface area contributed by atoms with Crippen molar-refractivity contribution in [3.63, 3.8) is 0 Å². The second-order valence-electron chi connectivity index (χ2n) is 6.02. The fourth-order valence-electron chi connectivity index (χ4n) is 2.84. The summed E-state index contributed by atoms with van der Waals surface area (Å²) in [7, 11) is 1.73. The Hall–Kier alpha value is -0.970. The molecule has 2 rings (SSSR count). The second kappa shape index (κ2) is 7.87. The van der Waals surface area contributed by atoms with Gasteiger partial charge in [-0.1, -0.05) is 18.2 Å². The fraction of sp³-hybridized carbons (Fsp3) is 0.647. The summed E-state index contributed by atoms with van der Waals surface area (Å²) in [5.74, 6) is 0.607. The zero-order chi connectivity index (χ0) is 15.2. The minimum atomic E-state index is -0.248. The average molecular weight is 294 g/mol. The van der Waals surface area contributed by atoms with E-state index in [0.717, 1.165) is 32.0 Å². The number of nitrogens with zero attached hydrogens (tertiary/aromatic N) is 1. The van der Waals surface area contributed by atoms with E-state index < -0.39 is 0 Å². The number of rotatable bonds is 9. The average Bonchev–Trinajstić information content (AvgIpc) is 3.31. The number of ether oxygens (including phenoxy) is 1. The van der Waals surface area contributed by atoms with Gasteiger partial charge in [0, 0.05) is 37.8 Å². The van der Waals surface area contributed by atoms with Crippen LogP contribution in [0, 0.1) is 11.7 Å². The first-order chi connectivity index (χ1) is 10.1. The van der Waals surface area contributed by atoms with Crippen molar-refractivity contribution in [1.82, 2.24) is 4.90 Å². The molecule has 0 heterocycles. The predicted molar refractivity (Wildman–Crippen MR) is 83.6 cm³/mol. The maximum atomic E-state index is 13.8. The molecule has 1 aromatic rings. The highest BCUT2D eigenvalue weighted by molar-refractivity contribution is 5.20. The van der Waals surface area contributed by atoms with Gasteiger partial charge in [-0.3, -0.25) is 4.90 Å². The Morgan fingerprint density at radius 3 is 2.67 bits per heavy atom. The predicted octanol–water partition coefficient (Wildman–Crippen LogP) is 2.96. The summed E-state index contributed by atoms with van der Waals surface area (Å²) >= 11 is 0. The Morgan fingerprint density at radius 1 is 1.33 bits per heavy atom. The Kier molecular flexibility index (Phi) is 6.15. The molecule has 1 aliphatic carbocycles. The van der Waals surface area contributed by atoms with Crippen LogP contribution in [0.3, 0.4) is 0 Å². The van der Waals surface area contributed by atoms with Gasteiger partial charge < -0.3 is 10.5 Å². The van der Waals surface area contributed by atoms with Crippen LogP contribution >= 0.6 is 0 Å². The van der Waals surface area contributed by atoms with Gasteiger partial charge in [-0.2, -0.15) is 0 Å². The topological polar surface area (TPSA) is 38.5 Å². The molecule has 0 bridgehead atoms. The highest BCUT2D eigenvalue weighted by Crippen LogP contribution is 2.35. The van der Waals surface area contributed by atoms with Crippen molar-refractivity contribution in [1.29, 1.82) is 0 Å². The first-order valence-electron chi connectivity index (χ1n) is 7.86. The quantitative estimate of drug-likeness (QED) is 0.761. The largest absolute Gasteiger partial charge is 0.383 e. The molecule has 0 aliphatic heterocycles. The van der Waals surface area contributed by atoms with E-state index in [-0.39, 0.29) is 11.9 Å². The molecular formula is C17H27FN2O. The van der Waals surface area contributed by atoms with Crippen LogP contribution in [0.5, 0.6) is 0 Å². The number of halogens is 1. The summed E-state index contributed by atoms with van der Waals surface area (Å²) in [6.45, 7) is 4.81. The number of hydrogen-bond acceptors (Lipinski definition) is 3. The van der Waals surface area contributed by atoms with Crippen molar-refractivity contribution < 1.29 is 9.13 Å². The monoisotopic (exact) mass is 294 g/mol. The fourth-order valence-corrected chi connectivity index (χ4v) is 2.84. The van der Waals surface area contributed by atoms with E-state index in [2.05, 4.69) is 11.8 Å². The maximum Gasteiger partial charge on any atom is 0.127 e. The van der Waals surface area contributed by atoms with E-state index in [1.165, 1.54) is 18.9 Å². The third-order valence-electron chi connectivity index (χ3n) is 4.49. The Morgan fingerprint density at radius 2 is 2.05 bits per heavy atom. The summed E-state index contributed by atoms with van der Waals surface area (Å²) in [5.41, 5.74) is 6.78. The smallest absolute Gasteiger partial charge is 0.127 e. The van der Waals surface area contributed by atoms with Gasteiger partial charge in [0.1, 0.15) is 5.82 Å². The van der Waals surface area contributed by atoms with E-state index in [9.17, 15) is 4.39 Å². The van der Waals surface area contributed by atoms with E-state index in [1.54, 1.807) is 19.2 Å². The first kappa shape index (κ1) is 16.4. The van der Waals surface area contributed by atoms with Crippen LogP contribution in [0.1, 0.15) is 37.8 Å². The molecule has 2 N–H and O–H groups in total. The van der Waals surface area contributed by atoms with Crippen molar-refractivity contribution >= 4 is 0 Å². The number of methoxy groups -OCH3 is 1. The molecular weight excluding hydrogens is 267 g/mol. The molecule has 0 aromatic heterocycles. The van der Waals surface area contributed by atoms with Crippen molar-refractivity contribution in [2.75, 3.05) is 26.8 Å². The highest BCUT2D eigenvalue weighted by atomic mass is 19.1. The Bertz CT molecular complexity index is 437. The van der Waals surface area contributed by atoms with Crippen molar-refractivity contribution in [2.45, 2.75) is 38.3 Å². The lowest BCUT2D eigenvalue weighted by Gasteiger charge is -2.30. The Balaban J connectivity index is 1.89. The van der Waals surface area contributed by atoms with Crippen molar-refractivity contribution in [3.05, 3.63) is 35.6 Å². The molecule has 21 heavy (non-hydrogen) atoms. The minimum Gasteiger partial charge on any atom is -0.383 e. The third-order valence-corrected chi connectivity index (χ3v) is 4.49. The number of hydrogen-bond donors (Lipinski definition) is 1. The molecule has 3 nitrogen and oxygen atoms in total. The van der Waals surface area contributed by atoms with E-state index in [0.29, 0.717) is 11.6 Å². The summed E-state index contributed by atoms with van der Waals surface area (Å²) in [4.78, 5) is 2.43. The van der Waals surface area contributed by atoms with Gasteiger partial charge in [-0.15, -0.1) is 0 Å². The highest BCUT2D eigenvalue weighted by Gasteiger charge is 2.31. The molecule has 0 spiro atoms. The van der Waals surface area contributed by atoms with Gasteiger partial charge in [-0.05, 0) is 38.2 Å². The summed E-state index contributed by atoms with van der Waals surface area (Å²) in [6.07, 6.45) is 3.41. The summed E-state index contributed by atoms with van der Waals surface area (Å²) < 4.78 is 19.0. The summed E-state index contributed by atoms with van der Waals surface area (Å²) in [5, 5.41) is 0. The lowest BCUT2D eigenvalue weighted by atomic mass is 10.0. The zero-order valence-corrected chi connectivity index (χ0v) is 13.1. The van der Waals surface area contributed by atoms with Gasteiger partial charge in [0.2, 0.25) is 0 Å². The third kappa shape index (κ3) is 4.77. The van der Waals surface area contributed by atoms with Gasteiger partial charge in [0.25, 0.3) is 0 Å². The van der Waals surface area contributed by atoms with Crippen molar-refractivity contribution in [3.8, 4) is 0 Å². The normalized spacial score (nSPS) is 18.0. The molecule has 1 aliphatic rings. The standard InChI is InChI=1S/C17H27FN2O/c1-13(14-7-8-14)20(11-12-21-2)10-9-17(19)15-5-3-4-6-16(15)18/h3-6,13-14,17H,7-12,19H2,1-2H3. The molecule has 118 valence electrons. The van der Waals surface area contributed by atoms with Crippen LogP contribution in [0.4, 0.5) is 4.39 Å². The first-order valence-corrected chi connectivity index (χ1v) is 7.86. The van der Waals surface area contributed by atoms with Gasteiger partial charge in [0.15, 0.2) is 0 Å². The lowest BCUT2D eigenvalue weighted by molar-refractivity contribution is 0.114. The SMILES string of the molecule is COCCN(CCC(N)c1ccccc1F)C(C)C1CC1. The molecule has 1 aromatic carbocycles. The van der Waals surface area contributed by atoms with Crippen molar-refractivity contribution in [2.24, 2.45) is 11.7 Å². The molecule has 4 heteroatoms. The molecule has 1 fully saturated rings. The molecule has 0 saturated heterocycles. The summed E-state index contributed by atoms with van der Waals surface area (Å²) in [6, 6.07) is 7.11. The van der Waals surface area contributed by atoms with Crippen LogP contribution in [0.2, 0.25) is 0 Å². The molecule has 2 unspecified atom stereocenters.